The number of hydrogen-bond acceptors (Lipinski definition) is 2. The van der Waals surface area contributed by atoms with E-state index in [9.17, 15) is 0 Å². The zero-order chi connectivity index (χ0) is 9.38. The summed E-state index contributed by atoms with van der Waals surface area (Å²) in [5.41, 5.74) is 2.29. The zero-order valence-electron chi connectivity index (χ0n) is 7.37. The summed E-state index contributed by atoms with van der Waals surface area (Å²) in [5, 5.41) is 3.37. The van der Waals surface area contributed by atoms with E-state index in [0.717, 1.165) is 10.6 Å². The van der Waals surface area contributed by atoms with E-state index in [4.69, 9.17) is 0 Å². The maximum Gasteiger partial charge on any atom is 0.0861 e. The fourth-order valence-corrected chi connectivity index (χ4v) is 2.40. The lowest BCUT2D eigenvalue weighted by molar-refractivity contribution is 1.32. The third-order valence-electron chi connectivity index (χ3n) is 2.13. The van der Waals surface area contributed by atoms with Crippen LogP contribution in [-0.4, -0.2) is 0 Å². The van der Waals surface area contributed by atoms with Gasteiger partial charge in [-0.25, -0.2) is 0 Å². The number of benzene rings is 1. The molecular formula is C12H7NS. The second kappa shape index (κ2) is 2.97. The van der Waals surface area contributed by atoms with Crippen molar-refractivity contribution in [3.05, 3.63) is 48.5 Å². The highest BCUT2D eigenvalue weighted by Gasteiger charge is 2.13. The minimum atomic E-state index is 1.12. The number of hydrogen-bond donors (Lipinski definition) is 1. The fraction of sp³-hybridized carbons (Fsp3) is 0. The van der Waals surface area contributed by atoms with Gasteiger partial charge in [-0.1, -0.05) is 36.0 Å². The number of fused-ring (bicyclic) bond motifs is 2. The van der Waals surface area contributed by atoms with Crippen LogP contribution in [0.15, 0.2) is 46.2 Å². The lowest BCUT2D eigenvalue weighted by atomic mass is 10.3. The number of nitrogens with one attached hydrogen (secondary N) is 1. The molecule has 0 fully saturated rings. The molecule has 0 unspecified atom stereocenters. The molecule has 2 aromatic carbocycles. The van der Waals surface area contributed by atoms with Crippen molar-refractivity contribution in [3.63, 3.8) is 0 Å². The molecule has 3 rings (SSSR count). The molecule has 1 nitrogen and oxygen atoms in total. The highest BCUT2D eigenvalue weighted by Crippen LogP contribution is 2.42. The van der Waals surface area contributed by atoms with Crippen LogP contribution in [0.1, 0.15) is 0 Å². The Morgan fingerprint density at radius 3 is 3.00 bits per heavy atom. The lowest BCUT2D eigenvalue weighted by Crippen LogP contribution is -1.97. The molecule has 0 radical (unpaired) electrons. The minimum Gasteiger partial charge on any atom is -0.353 e. The molecule has 0 spiro atoms. The molecule has 0 atom stereocenters. The summed E-state index contributed by atoms with van der Waals surface area (Å²) in [6.45, 7) is 0. The molecule has 14 heavy (non-hydrogen) atoms. The normalized spacial score (nSPS) is 12.0. The first-order valence-electron chi connectivity index (χ1n) is 4.40. The molecule has 0 saturated heterocycles. The Morgan fingerprint density at radius 2 is 2.00 bits per heavy atom. The largest absolute Gasteiger partial charge is 0.353 e. The third-order valence-corrected chi connectivity index (χ3v) is 3.23. The summed E-state index contributed by atoms with van der Waals surface area (Å²) in [6, 6.07) is 18.2. The van der Waals surface area contributed by atoms with Crippen LogP contribution < -0.4 is 5.32 Å². The smallest absolute Gasteiger partial charge is 0.0861 e. The van der Waals surface area contributed by atoms with Crippen molar-refractivity contribution in [1.82, 2.24) is 0 Å². The van der Waals surface area contributed by atoms with Gasteiger partial charge in [-0.05, 0) is 24.3 Å². The summed E-state index contributed by atoms with van der Waals surface area (Å²) in [7, 11) is 0. The maximum atomic E-state index is 3.37. The van der Waals surface area contributed by atoms with E-state index in [1.54, 1.807) is 11.8 Å². The van der Waals surface area contributed by atoms with Crippen molar-refractivity contribution >= 4 is 23.1 Å². The molecule has 2 heteroatoms. The second-order valence-electron chi connectivity index (χ2n) is 3.07. The Labute approximate surface area is 87.2 Å². The maximum absolute atomic E-state index is 3.37. The van der Waals surface area contributed by atoms with Gasteiger partial charge < -0.3 is 5.32 Å². The number of anilines is 2. The Bertz CT molecular complexity index is 392. The van der Waals surface area contributed by atoms with Crippen molar-refractivity contribution in [3.8, 4) is 0 Å². The average Bonchev–Trinajstić information content (AvgIpc) is 2.26. The molecule has 0 amide bonds. The van der Waals surface area contributed by atoms with Crippen LogP contribution in [0.4, 0.5) is 11.4 Å². The Balaban J connectivity index is 2.12. The molecular weight excluding hydrogens is 190 g/mol. The van der Waals surface area contributed by atoms with Gasteiger partial charge in [-0.3, -0.25) is 0 Å². The predicted octanol–water partition coefficient (Wildman–Crippen LogP) is 3.50. The van der Waals surface area contributed by atoms with E-state index in [2.05, 4.69) is 29.6 Å². The minimum absolute atomic E-state index is 1.12. The van der Waals surface area contributed by atoms with Crippen LogP contribution in [0.2, 0.25) is 0 Å². The molecule has 0 aromatic heterocycles. The summed E-state index contributed by atoms with van der Waals surface area (Å²) in [6.07, 6.45) is 0. The Kier molecular flexibility index (Phi) is 1.65. The molecule has 1 N–H and O–H groups in total. The van der Waals surface area contributed by atoms with E-state index in [0.29, 0.717) is 0 Å². The summed E-state index contributed by atoms with van der Waals surface area (Å²) in [5.74, 6) is 0. The SMILES string of the molecule is c1ccc2c(c#1)Sc1ccccc1N2. The van der Waals surface area contributed by atoms with Gasteiger partial charge in [0.25, 0.3) is 0 Å². The standard InChI is InChI=1S/C12H7NS/c1-3-7-11-9(5-1)13-10-6-2-4-8-12(10)14-11/h1-3,5-7,13H. The van der Waals surface area contributed by atoms with Gasteiger partial charge in [-0.2, -0.15) is 0 Å². The van der Waals surface area contributed by atoms with Crippen LogP contribution >= 0.6 is 11.8 Å². The van der Waals surface area contributed by atoms with E-state index >= 15 is 0 Å². The van der Waals surface area contributed by atoms with Gasteiger partial charge in [-0.15, -0.1) is 0 Å². The van der Waals surface area contributed by atoms with E-state index < -0.39 is 0 Å². The monoisotopic (exact) mass is 197 g/mol. The van der Waals surface area contributed by atoms with Gasteiger partial charge in [0.2, 0.25) is 0 Å². The Morgan fingerprint density at radius 1 is 1.07 bits per heavy atom. The number of rotatable bonds is 0. The molecule has 2 aromatic rings. The van der Waals surface area contributed by atoms with Gasteiger partial charge in [0.1, 0.15) is 0 Å². The van der Waals surface area contributed by atoms with Crippen LogP contribution in [0.25, 0.3) is 0 Å². The van der Waals surface area contributed by atoms with Crippen molar-refractivity contribution in [2.45, 2.75) is 9.79 Å². The summed E-state index contributed by atoms with van der Waals surface area (Å²) >= 11 is 1.73. The quantitative estimate of drug-likeness (QED) is 0.592. The molecule has 0 saturated carbocycles. The third kappa shape index (κ3) is 1.14. The van der Waals surface area contributed by atoms with Crippen molar-refractivity contribution < 1.29 is 0 Å². The lowest BCUT2D eigenvalue weighted by Gasteiger charge is -2.18. The molecule has 0 bridgehead atoms. The highest BCUT2D eigenvalue weighted by molar-refractivity contribution is 7.99. The predicted molar refractivity (Wildman–Crippen MR) is 58.0 cm³/mol. The first-order chi connectivity index (χ1) is 6.93. The highest BCUT2D eigenvalue weighted by atomic mass is 32.2. The van der Waals surface area contributed by atoms with Crippen molar-refractivity contribution in [2.75, 3.05) is 5.32 Å². The van der Waals surface area contributed by atoms with Gasteiger partial charge in [0.05, 0.1) is 16.3 Å². The molecule has 66 valence electrons. The van der Waals surface area contributed by atoms with Crippen molar-refractivity contribution in [1.29, 1.82) is 0 Å². The van der Waals surface area contributed by atoms with Crippen molar-refractivity contribution in [2.24, 2.45) is 0 Å². The number of para-hydroxylation sites is 1. The van der Waals surface area contributed by atoms with E-state index in [-0.39, 0.29) is 0 Å². The van der Waals surface area contributed by atoms with Crippen LogP contribution in [0.3, 0.4) is 0 Å². The zero-order valence-corrected chi connectivity index (χ0v) is 8.19. The molecule has 1 aliphatic rings. The first-order valence-corrected chi connectivity index (χ1v) is 5.21. The first kappa shape index (κ1) is 7.78. The molecule has 0 aliphatic carbocycles. The van der Waals surface area contributed by atoms with Crippen LogP contribution in [0, 0.1) is 12.1 Å². The average molecular weight is 197 g/mol. The topological polar surface area (TPSA) is 12.0 Å². The van der Waals surface area contributed by atoms with Crippen LogP contribution in [0.5, 0.6) is 0 Å². The summed E-state index contributed by atoms with van der Waals surface area (Å²) in [4.78, 5) is 2.36. The molecule has 1 aliphatic heterocycles. The fourth-order valence-electron chi connectivity index (χ4n) is 1.47. The van der Waals surface area contributed by atoms with Crippen LogP contribution in [-0.2, 0) is 0 Å². The molecule has 1 heterocycles. The van der Waals surface area contributed by atoms with Gasteiger partial charge in [0.15, 0.2) is 0 Å². The second-order valence-corrected chi connectivity index (χ2v) is 4.12. The van der Waals surface area contributed by atoms with E-state index in [1.165, 1.54) is 10.6 Å². The summed E-state index contributed by atoms with van der Waals surface area (Å²) < 4.78 is 0. The van der Waals surface area contributed by atoms with Gasteiger partial charge in [0, 0.05) is 4.90 Å². The van der Waals surface area contributed by atoms with E-state index in [1.807, 2.05) is 24.3 Å². The Hall–Kier alpha value is -1.59. The van der Waals surface area contributed by atoms with Gasteiger partial charge >= 0.3 is 0 Å².